The van der Waals surface area contributed by atoms with Crippen molar-refractivity contribution < 1.29 is 19.4 Å². The summed E-state index contributed by atoms with van der Waals surface area (Å²) in [4.78, 5) is 26.7. The van der Waals surface area contributed by atoms with Crippen LogP contribution in [0.2, 0.25) is 0 Å². The zero-order valence-electron chi connectivity index (χ0n) is 17.1. The highest BCUT2D eigenvalue weighted by atomic mass is 16.6. The van der Waals surface area contributed by atoms with Crippen molar-refractivity contribution in [3.8, 4) is 5.75 Å². The van der Waals surface area contributed by atoms with E-state index in [-0.39, 0.29) is 23.5 Å². The third-order valence-electron chi connectivity index (χ3n) is 5.25. The van der Waals surface area contributed by atoms with E-state index in [1.807, 2.05) is 25.7 Å². The predicted octanol–water partition coefficient (Wildman–Crippen LogP) is 2.12. The van der Waals surface area contributed by atoms with Crippen molar-refractivity contribution in [2.24, 2.45) is 5.92 Å². The fourth-order valence-electron chi connectivity index (χ4n) is 3.77. The first-order chi connectivity index (χ1) is 13.2. The van der Waals surface area contributed by atoms with Gasteiger partial charge in [-0.2, -0.15) is 0 Å². The number of rotatable bonds is 3. The van der Waals surface area contributed by atoms with Crippen LogP contribution in [-0.2, 0) is 9.53 Å². The highest BCUT2D eigenvalue weighted by Gasteiger charge is 2.32. The van der Waals surface area contributed by atoms with E-state index in [0.29, 0.717) is 18.7 Å². The van der Waals surface area contributed by atoms with Crippen molar-refractivity contribution in [1.29, 1.82) is 0 Å². The fourth-order valence-corrected chi connectivity index (χ4v) is 3.77. The average molecular weight is 389 g/mol. The summed E-state index contributed by atoms with van der Waals surface area (Å²) >= 11 is 0. The van der Waals surface area contributed by atoms with Crippen LogP contribution in [0.5, 0.6) is 5.75 Å². The number of ether oxygens (including phenoxy) is 1. The third kappa shape index (κ3) is 5.23. The number of nitrogens with zero attached hydrogens (tertiary/aromatic N) is 3. The number of benzene rings is 1. The van der Waals surface area contributed by atoms with Crippen LogP contribution in [0.1, 0.15) is 44.0 Å². The van der Waals surface area contributed by atoms with Gasteiger partial charge >= 0.3 is 5.97 Å². The zero-order valence-corrected chi connectivity index (χ0v) is 17.1. The van der Waals surface area contributed by atoms with Crippen LogP contribution in [0.15, 0.2) is 24.3 Å². The molecule has 1 N–H and O–H groups in total. The molecule has 0 spiro atoms. The number of carbonyl (C=O) groups excluding carboxylic acids is 2. The molecule has 28 heavy (non-hydrogen) atoms. The Morgan fingerprint density at radius 3 is 2.18 bits per heavy atom. The second-order valence-electron chi connectivity index (χ2n) is 8.56. The molecule has 0 atom stereocenters. The van der Waals surface area contributed by atoms with Crippen LogP contribution in [0.25, 0.3) is 0 Å². The quantitative estimate of drug-likeness (QED) is 0.799. The van der Waals surface area contributed by atoms with Crippen molar-refractivity contribution in [2.75, 3.05) is 39.3 Å². The number of piperazine rings is 1. The maximum atomic E-state index is 12.6. The molecule has 2 saturated heterocycles. The smallest absolute Gasteiger partial charge is 0.309 e. The maximum absolute atomic E-state index is 12.6. The molecule has 7 heteroatoms. The van der Waals surface area contributed by atoms with Gasteiger partial charge in [-0.1, -0.05) is 6.07 Å². The van der Waals surface area contributed by atoms with E-state index in [1.54, 1.807) is 18.2 Å². The molecule has 0 aliphatic carbocycles. The number of hydrogen-bond acceptors (Lipinski definition) is 6. The van der Waals surface area contributed by atoms with Crippen molar-refractivity contribution in [3.63, 3.8) is 0 Å². The van der Waals surface area contributed by atoms with E-state index < -0.39 is 5.60 Å². The number of phenols is 1. The van der Waals surface area contributed by atoms with Gasteiger partial charge in [-0.05, 0) is 51.8 Å². The first kappa shape index (κ1) is 20.6. The van der Waals surface area contributed by atoms with E-state index in [1.165, 1.54) is 6.07 Å². The molecule has 2 heterocycles. The Bertz CT molecular complexity index is 700. The summed E-state index contributed by atoms with van der Waals surface area (Å²) in [5.41, 5.74) is 0.0822. The van der Waals surface area contributed by atoms with Crippen molar-refractivity contribution in [3.05, 3.63) is 29.8 Å². The summed E-state index contributed by atoms with van der Waals surface area (Å²) in [7, 11) is 0. The molecule has 1 aromatic carbocycles. The molecule has 0 radical (unpaired) electrons. The first-order valence-corrected chi connectivity index (χ1v) is 10.0. The molecule has 7 nitrogen and oxygen atoms in total. The highest BCUT2D eigenvalue weighted by molar-refractivity contribution is 5.94. The van der Waals surface area contributed by atoms with Crippen molar-refractivity contribution >= 4 is 11.9 Å². The van der Waals surface area contributed by atoms with Gasteiger partial charge in [0.2, 0.25) is 0 Å². The Labute approximate surface area is 166 Å². The Morgan fingerprint density at radius 1 is 1.00 bits per heavy atom. The van der Waals surface area contributed by atoms with Gasteiger partial charge in [0.1, 0.15) is 11.4 Å². The monoisotopic (exact) mass is 389 g/mol. The molecule has 2 fully saturated rings. The highest BCUT2D eigenvalue weighted by Crippen LogP contribution is 2.23. The number of esters is 1. The lowest BCUT2D eigenvalue weighted by atomic mass is 9.97. The van der Waals surface area contributed by atoms with Crippen LogP contribution in [0.3, 0.4) is 0 Å². The molecule has 0 aromatic heterocycles. The number of carbonyl (C=O) groups is 2. The van der Waals surface area contributed by atoms with Gasteiger partial charge in [-0.25, -0.2) is 10.0 Å². The lowest BCUT2D eigenvalue weighted by Crippen LogP contribution is -2.56. The van der Waals surface area contributed by atoms with Gasteiger partial charge in [-0.3, -0.25) is 9.59 Å². The number of hydrogen-bond donors (Lipinski definition) is 1. The van der Waals surface area contributed by atoms with Gasteiger partial charge in [0, 0.05) is 44.8 Å². The van der Waals surface area contributed by atoms with E-state index in [4.69, 9.17) is 4.74 Å². The molecule has 3 rings (SSSR count). The second-order valence-corrected chi connectivity index (χ2v) is 8.56. The molecular weight excluding hydrogens is 358 g/mol. The van der Waals surface area contributed by atoms with Gasteiger partial charge in [0.05, 0.1) is 5.92 Å². The number of piperidine rings is 1. The van der Waals surface area contributed by atoms with Crippen molar-refractivity contribution in [2.45, 2.75) is 39.2 Å². The summed E-state index contributed by atoms with van der Waals surface area (Å²) in [6.45, 7) is 10.2. The predicted molar refractivity (Wildman–Crippen MR) is 106 cm³/mol. The van der Waals surface area contributed by atoms with Crippen LogP contribution in [0.4, 0.5) is 0 Å². The molecule has 0 unspecified atom stereocenters. The Balaban J connectivity index is 1.46. The van der Waals surface area contributed by atoms with E-state index in [0.717, 1.165) is 39.0 Å². The van der Waals surface area contributed by atoms with Crippen LogP contribution >= 0.6 is 0 Å². The molecule has 2 aliphatic rings. The minimum atomic E-state index is -0.438. The van der Waals surface area contributed by atoms with E-state index >= 15 is 0 Å². The van der Waals surface area contributed by atoms with Gasteiger partial charge < -0.3 is 14.7 Å². The standard InChI is InChI=1S/C21H31N3O4/c1-21(2,3)28-20(27)16-7-9-23(10-8-16)24-13-11-22(12-14-24)19(26)17-5-4-6-18(25)15-17/h4-6,15-16,25H,7-14H2,1-3H3. The lowest BCUT2D eigenvalue weighted by Gasteiger charge is -2.43. The largest absolute Gasteiger partial charge is 0.508 e. The van der Waals surface area contributed by atoms with Crippen LogP contribution in [-0.4, -0.2) is 76.8 Å². The van der Waals surface area contributed by atoms with Crippen molar-refractivity contribution in [1.82, 2.24) is 14.9 Å². The molecule has 0 bridgehead atoms. The van der Waals surface area contributed by atoms with E-state index in [9.17, 15) is 14.7 Å². The Kier molecular flexibility index (Phi) is 6.25. The summed E-state index contributed by atoms with van der Waals surface area (Å²) in [6.07, 6.45) is 1.61. The molecule has 154 valence electrons. The number of aromatic hydroxyl groups is 1. The topological polar surface area (TPSA) is 73.3 Å². The first-order valence-electron chi connectivity index (χ1n) is 10.0. The Morgan fingerprint density at radius 2 is 1.61 bits per heavy atom. The Hall–Kier alpha value is -2.12. The number of hydrazine groups is 1. The second kappa shape index (κ2) is 8.49. The summed E-state index contributed by atoms with van der Waals surface area (Å²) in [6, 6.07) is 6.50. The van der Waals surface area contributed by atoms with E-state index in [2.05, 4.69) is 10.0 Å². The third-order valence-corrected chi connectivity index (χ3v) is 5.25. The fraction of sp³-hybridized carbons (Fsp3) is 0.619. The molecule has 1 amide bonds. The number of phenolic OH excluding ortho intramolecular Hbond substituents is 1. The normalized spacial score (nSPS) is 20.2. The molecule has 1 aromatic rings. The van der Waals surface area contributed by atoms with Crippen LogP contribution in [0, 0.1) is 5.92 Å². The minimum absolute atomic E-state index is 0.0240. The van der Waals surface area contributed by atoms with Gasteiger partial charge in [0.25, 0.3) is 5.91 Å². The lowest BCUT2D eigenvalue weighted by molar-refractivity contribution is -0.164. The molecule has 2 aliphatic heterocycles. The van der Waals surface area contributed by atoms with Gasteiger partial charge in [0.15, 0.2) is 0 Å². The maximum Gasteiger partial charge on any atom is 0.309 e. The van der Waals surface area contributed by atoms with Gasteiger partial charge in [-0.15, -0.1) is 0 Å². The molecule has 0 saturated carbocycles. The number of amides is 1. The SMILES string of the molecule is CC(C)(C)OC(=O)C1CCN(N2CCN(C(=O)c3cccc(O)c3)CC2)CC1. The molecular formula is C21H31N3O4. The summed E-state index contributed by atoms with van der Waals surface area (Å²) < 4.78 is 5.52. The van der Waals surface area contributed by atoms with Crippen LogP contribution < -0.4 is 0 Å². The summed E-state index contributed by atoms with van der Waals surface area (Å²) in [5.74, 6) is -0.0469. The average Bonchev–Trinajstić information content (AvgIpc) is 2.66. The minimum Gasteiger partial charge on any atom is -0.508 e. The summed E-state index contributed by atoms with van der Waals surface area (Å²) in [5, 5.41) is 14.2. The zero-order chi connectivity index (χ0) is 20.3.